The Bertz CT molecular complexity index is 812. The highest BCUT2D eigenvalue weighted by atomic mass is 19.3. The predicted octanol–water partition coefficient (Wildman–Crippen LogP) is 1.43. The van der Waals surface area contributed by atoms with Gasteiger partial charge in [-0.25, -0.2) is 24.4 Å². The number of nitrogens with zero attached hydrogens (tertiary/aromatic N) is 5. The van der Waals surface area contributed by atoms with E-state index >= 15 is 0 Å². The highest BCUT2D eigenvalue weighted by molar-refractivity contribution is 5.77. The SMILES string of the molecule is Cc1nc(/C(N)=C(\CN2CCN(C)C2=O)N(C)N)ccc1N1CCCC(F)(F)C1. The van der Waals surface area contributed by atoms with Gasteiger partial charge in [-0.3, -0.25) is 0 Å². The fraction of sp³-hybridized carbons (Fsp3) is 0.579. The minimum atomic E-state index is -2.69. The predicted molar refractivity (Wildman–Crippen MR) is 108 cm³/mol. The van der Waals surface area contributed by atoms with Crippen LogP contribution < -0.4 is 16.5 Å². The summed E-state index contributed by atoms with van der Waals surface area (Å²) in [4.78, 5) is 21.7. The van der Waals surface area contributed by atoms with Gasteiger partial charge in [-0.05, 0) is 25.5 Å². The van der Waals surface area contributed by atoms with Crippen LogP contribution in [0.1, 0.15) is 24.2 Å². The maximum atomic E-state index is 13.8. The van der Waals surface area contributed by atoms with Crippen LogP contribution in [0.5, 0.6) is 0 Å². The molecule has 1 aromatic heterocycles. The van der Waals surface area contributed by atoms with E-state index in [-0.39, 0.29) is 25.5 Å². The summed E-state index contributed by atoms with van der Waals surface area (Å²) in [5.41, 5.74) is 9.08. The first-order valence-corrected chi connectivity index (χ1v) is 9.67. The summed E-state index contributed by atoms with van der Waals surface area (Å²) < 4.78 is 27.6. The normalized spacial score (nSPS) is 20.2. The maximum Gasteiger partial charge on any atom is 0.320 e. The van der Waals surface area contributed by atoms with Gasteiger partial charge in [0.05, 0.1) is 41.6 Å². The van der Waals surface area contributed by atoms with Crippen LogP contribution in [0.25, 0.3) is 5.70 Å². The van der Waals surface area contributed by atoms with Gasteiger partial charge < -0.3 is 25.4 Å². The average Bonchev–Trinajstić information content (AvgIpc) is 2.96. The number of amides is 2. The number of pyridine rings is 1. The molecule has 0 spiro atoms. The molecule has 3 heterocycles. The number of hydrogen-bond donors (Lipinski definition) is 2. The number of carbonyl (C=O) groups excluding carboxylic acids is 1. The summed E-state index contributed by atoms with van der Waals surface area (Å²) in [6.45, 7) is 3.56. The number of urea groups is 1. The van der Waals surface area contributed by atoms with Gasteiger partial charge in [0.1, 0.15) is 0 Å². The van der Waals surface area contributed by atoms with Crippen molar-refractivity contribution in [2.24, 2.45) is 11.6 Å². The number of nitrogens with two attached hydrogens (primary N) is 2. The molecule has 0 saturated carbocycles. The molecule has 3 rings (SSSR count). The van der Waals surface area contributed by atoms with Gasteiger partial charge in [0.25, 0.3) is 5.92 Å². The van der Waals surface area contributed by atoms with Gasteiger partial charge in [-0.15, -0.1) is 0 Å². The van der Waals surface area contributed by atoms with Crippen LogP contribution >= 0.6 is 0 Å². The molecule has 0 bridgehead atoms. The van der Waals surface area contributed by atoms with Crippen LogP contribution in [0, 0.1) is 6.92 Å². The quantitative estimate of drug-likeness (QED) is 0.564. The minimum absolute atomic E-state index is 0.0809. The van der Waals surface area contributed by atoms with Crippen molar-refractivity contribution in [1.82, 2.24) is 19.8 Å². The van der Waals surface area contributed by atoms with Crippen LogP contribution in [0.2, 0.25) is 0 Å². The first-order chi connectivity index (χ1) is 13.6. The number of anilines is 1. The molecule has 2 saturated heterocycles. The lowest BCUT2D eigenvalue weighted by molar-refractivity contribution is -0.0117. The first kappa shape index (κ1) is 21.1. The topological polar surface area (TPSA) is 95.0 Å². The maximum absolute atomic E-state index is 13.8. The summed E-state index contributed by atoms with van der Waals surface area (Å²) in [6, 6.07) is 3.41. The van der Waals surface area contributed by atoms with Gasteiger partial charge in [0.15, 0.2) is 0 Å². The molecular formula is C19H29F2N7O. The molecule has 160 valence electrons. The van der Waals surface area contributed by atoms with Crippen molar-refractivity contribution in [3.63, 3.8) is 0 Å². The highest BCUT2D eigenvalue weighted by Crippen LogP contribution is 2.31. The third kappa shape index (κ3) is 4.52. The molecule has 4 N–H and O–H groups in total. The molecule has 0 aromatic carbocycles. The van der Waals surface area contributed by atoms with Crippen molar-refractivity contribution in [3.8, 4) is 0 Å². The Morgan fingerprint density at radius 2 is 2.03 bits per heavy atom. The standard InChI is InChI=1S/C19H29F2N7O/c1-13-15(28-8-4-7-19(20,21)12-28)6-5-14(24-13)17(22)16(26(3)23)11-27-10-9-25(2)18(27)29/h5-6H,4,7-12,22-23H2,1-3H3/b17-16-. The summed E-state index contributed by atoms with van der Waals surface area (Å²) in [6.07, 6.45) is 0.358. The fourth-order valence-electron chi connectivity index (χ4n) is 3.77. The number of hydrazine groups is 1. The Morgan fingerprint density at radius 3 is 2.59 bits per heavy atom. The third-order valence-electron chi connectivity index (χ3n) is 5.45. The summed E-state index contributed by atoms with van der Waals surface area (Å²) in [7, 11) is 3.40. The molecule has 2 amide bonds. The summed E-state index contributed by atoms with van der Waals surface area (Å²) >= 11 is 0. The van der Waals surface area contributed by atoms with Gasteiger partial charge in [0.2, 0.25) is 0 Å². The van der Waals surface area contributed by atoms with Crippen molar-refractivity contribution in [2.75, 3.05) is 51.7 Å². The number of aryl methyl sites for hydroxylation is 1. The van der Waals surface area contributed by atoms with Gasteiger partial charge in [-0.2, -0.15) is 0 Å². The van der Waals surface area contributed by atoms with Crippen molar-refractivity contribution >= 4 is 17.4 Å². The van der Waals surface area contributed by atoms with Gasteiger partial charge in [0, 0.05) is 40.2 Å². The largest absolute Gasteiger partial charge is 0.395 e. The lowest BCUT2D eigenvalue weighted by Gasteiger charge is -2.34. The Labute approximate surface area is 169 Å². The van der Waals surface area contributed by atoms with E-state index in [2.05, 4.69) is 4.98 Å². The molecule has 0 radical (unpaired) electrons. The van der Waals surface area contributed by atoms with Crippen LogP contribution in [0.3, 0.4) is 0 Å². The molecule has 0 unspecified atom stereocenters. The van der Waals surface area contributed by atoms with E-state index < -0.39 is 5.92 Å². The smallest absolute Gasteiger partial charge is 0.320 e. The van der Waals surface area contributed by atoms with Crippen molar-refractivity contribution in [3.05, 3.63) is 29.2 Å². The van der Waals surface area contributed by atoms with E-state index in [0.29, 0.717) is 54.5 Å². The molecule has 10 heteroatoms. The third-order valence-corrected chi connectivity index (χ3v) is 5.45. The van der Waals surface area contributed by atoms with Gasteiger partial charge >= 0.3 is 6.03 Å². The van der Waals surface area contributed by atoms with Crippen molar-refractivity contribution in [2.45, 2.75) is 25.7 Å². The molecule has 2 aliphatic heterocycles. The molecule has 0 atom stereocenters. The minimum Gasteiger partial charge on any atom is -0.395 e. The zero-order valence-corrected chi connectivity index (χ0v) is 17.2. The van der Waals surface area contributed by atoms with Crippen LogP contribution in [-0.4, -0.2) is 78.6 Å². The number of alkyl halides is 2. The summed E-state index contributed by atoms with van der Waals surface area (Å²) in [5.74, 6) is 3.29. The number of carbonyl (C=O) groups is 1. The Morgan fingerprint density at radius 1 is 1.31 bits per heavy atom. The van der Waals surface area contributed by atoms with Crippen LogP contribution in [0.4, 0.5) is 19.3 Å². The second kappa shape index (κ2) is 8.02. The zero-order chi connectivity index (χ0) is 21.3. The monoisotopic (exact) mass is 409 g/mol. The molecule has 29 heavy (non-hydrogen) atoms. The lowest BCUT2D eigenvalue weighted by atomic mass is 10.1. The van der Waals surface area contributed by atoms with Gasteiger partial charge in [-0.1, -0.05) is 0 Å². The number of piperidine rings is 1. The average molecular weight is 409 g/mol. The van der Waals surface area contributed by atoms with Crippen molar-refractivity contribution < 1.29 is 13.6 Å². The van der Waals surface area contributed by atoms with E-state index in [9.17, 15) is 13.6 Å². The van der Waals surface area contributed by atoms with Crippen LogP contribution in [0.15, 0.2) is 17.8 Å². The molecule has 2 fully saturated rings. The second-order valence-electron chi connectivity index (χ2n) is 7.78. The lowest BCUT2D eigenvalue weighted by Crippen LogP contribution is -2.43. The fourth-order valence-corrected chi connectivity index (χ4v) is 3.77. The highest BCUT2D eigenvalue weighted by Gasteiger charge is 2.35. The second-order valence-corrected chi connectivity index (χ2v) is 7.78. The number of halogens is 2. The number of hydrogen-bond acceptors (Lipinski definition) is 6. The molecule has 1 aromatic rings. The zero-order valence-electron chi connectivity index (χ0n) is 17.2. The first-order valence-electron chi connectivity index (χ1n) is 9.67. The van der Waals surface area contributed by atoms with E-state index in [0.717, 1.165) is 0 Å². The molecular weight excluding hydrogens is 380 g/mol. The van der Waals surface area contributed by atoms with Crippen LogP contribution in [-0.2, 0) is 0 Å². The Hall–Kier alpha value is -2.62. The Kier molecular flexibility index (Phi) is 5.83. The molecule has 2 aliphatic rings. The molecule has 8 nitrogen and oxygen atoms in total. The number of likely N-dealkylation sites (N-methyl/N-ethyl adjacent to an activating group) is 2. The van der Waals surface area contributed by atoms with E-state index in [1.54, 1.807) is 47.9 Å². The van der Waals surface area contributed by atoms with E-state index in [4.69, 9.17) is 11.6 Å². The molecule has 0 aliphatic carbocycles. The van der Waals surface area contributed by atoms with Crippen molar-refractivity contribution in [1.29, 1.82) is 0 Å². The Balaban J connectivity index is 1.85. The number of aromatic nitrogens is 1. The van der Waals surface area contributed by atoms with E-state index in [1.807, 2.05) is 0 Å². The van der Waals surface area contributed by atoms with E-state index in [1.165, 1.54) is 5.01 Å². The summed E-state index contributed by atoms with van der Waals surface area (Å²) in [5, 5.41) is 1.39. The number of rotatable bonds is 5.